The van der Waals surface area contributed by atoms with Crippen LogP contribution in [0, 0.1) is 11.8 Å². The van der Waals surface area contributed by atoms with Crippen molar-refractivity contribution in [3.8, 4) is 17.2 Å². The zero-order valence-corrected chi connectivity index (χ0v) is 29.9. The van der Waals surface area contributed by atoms with Crippen molar-refractivity contribution in [1.29, 1.82) is 0 Å². The normalized spacial score (nSPS) is 29.9. The third-order valence-electron chi connectivity index (χ3n) is 10.7. The molecule has 9 nitrogen and oxygen atoms in total. The van der Waals surface area contributed by atoms with Crippen LogP contribution >= 0.6 is 0 Å². The van der Waals surface area contributed by atoms with Gasteiger partial charge in [-0.25, -0.2) is 4.79 Å². The second kappa shape index (κ2) is 11.7. The van der Waals surface area contributed by atoms with Crippen LogP contribution in [0.25, 0.3) is 6.08 Å². The van der Waals surface area contributed by atoms with Crippen molar-refractivity contribution in [1.82, 2.24) is 0 Å². The lowest BCUT2D eigenvalue weighted by Crippen LogP contribution is -2.72. The summed E-state index contributed by atoms with van der Waals surface area (Å²) in [4.78, 5) is 54.0. The van der Waals surface area contributed by atoms with Crippen LogP contribution in [0.4, 0.5) is 0 Å². The number of aliphatic carboxylic acids is 1. The molecule has 7 rings (SSSR count). The first-order valence-corrected chi connectivity index (χ1v) is 17.0. The molecule has 0 unspecified atom stereocenters. The van der Waals surface area contributed by atoms with Crippen molar-refractivity contribution in [3.05, 3.63) is 69.4 Å². The van der Waals surface area contributed by atoms with Crippen LogP contribution < -0.4 is 14.2 Å². The number of carboxylic acids is 1. The maximum atomic E-state index is 15.1. The van der Waals surface area contributed by atoms with Crippen LogP contribution in [0.15, 0.2) is 52.7 Å². The van der Waals surface area contributed by atoms with E-state index in [9.17, 15) is 19.5 Å². The minimum atomic E-state index is -1.66. The summed E-state index contributed by atoms with van der Waals surface area (Å²) in [7, 11) is 0. The van der Waals surface area contributed by atoms with E-state index in [2.05, 4.69) is 6.08 Å². The van der Waals surface area contributed by atoms with Crippen LogP contribution in [0.2, 0.25) is 0 Å². The van der Waals surface area contributed by atoms with Gasteiger partial charge in [-0.2, -0.15) is 0 Å². The number of rotatable bonds is 9. The molecule has 0 amide bonds. The number of carbonyl (C=O) groups is 4. The number of benzene rings is 1. The van der Waals surface area contributed by atoms with Gasteiger partial charge in [0.1, 0.15) is 22.7 Å². The summed E-state index contributed by atoms with van der Waals surface area (Å²) < 4.78 is 26.7. The number of ketones is 2. The molecule has 3 aliphatic carbocycles. The highest BCUT2D eigenvalue weighted by molar-refractivity contribution is 6.19. The fourth-order valence-corrected chi connectivity index (χ4v) is 8.41. The summed E-state index contributed by atoms with van der Waals surface area (Å²) in [6.45, 7) is 16.6. The largest absolute Gasteiger partial charge is 0.482 e. The molecule has 260 valence electrons. The van der Waals surface area contributed by atoms with Gasteiger partial charge in [0.25, 0.3) is 0 Å². The van der Waals surface area contributed by atoms with Crippen molar-refractivity contribution in [2.75, 3.05) is 0 Å². The number of hydrogen-bond donors (Lipinski definition) is 1. The number of carbonyl (C=O) groups excluding carboxylic acids is 3. The molecular formula is C40H46O9. The Morgan fingerprint density at radius 1 is 0.980 bits per heavy atom. The predicted octanol–water partition coefficient (Wildman–Crippen LogP) is 7.46. The summed E-state index contributed by atoms with van der Waals surface area (Å²) in [5, 5.41) is 9.70. The quantitative estimate of drug-likeness (QED) is 0.123. The van der Waals surface area contributed by atoms with Gasteiger partial charge in [0.05, 0.1) is 11.2 Å². The molecule has 1 saturated carbocycles. The van der Waals surface area contributed by atoms with Gasteiger partial charge in [0.2, 0.25) is 0 Å². The molecule has 6 aliphatic rings. The zero-order chi connectivity index (χ0) is 35.8. The Hall–Kier alpha value is -4.24. The summed E-state index contributed by atoms with van der Waals surface area (Å²) >= 11 is 0. The van der Waals surface area contributed by atoms with Crippen molar-refractivity contribution in [2.45, 2.75) is 117 Å². The van der Waals surface area contributed by atoms with Crippen LogP contribution in [0.3, 0.4) is 0 Å². The summed E-state index contributed by atoms with van der Waals surface area (Å²) in [5.41, 5.74) is -1.08. The van der Waals surface area contributed by atoms with Gasteiger partial charge in [0, 0.05) is 41.9 Å². The lowest BCUT2D eigenvalue weighted by Gasteiger charge is -2.56. The fourth-order valence-electron chi connectivity index (χ4n) is 8.41. The smallest absolute Gasteiger partial charge is 0.330 e. The van der Waals surface area contributed by atoms with Gasteiger partial charge in [-0.3, -0.25) is 14.4 Å². The number of ether oxygens (including phenoxy) is 4. The Bertz CT molecular complexity index is 1840. The summed E-state index contributed by atoms with van der Waals surface area (Å²) in [5.74, 6) is -2.71. The van der Waals surface area contributed by atoms with Gasteiger partial charge < -0.3 is 24.1 Å². The van der Waals surface area contributed by atoms with Gasteiger partial charge in [-0.05, 0) is 93.2 Å². The third kappa shape index (κ3) is 5.23. The SMILES string of the molecule is CC(=O)Oc1c2c(c(CC=C(C)C)c3c1C(=O)C1=C[C@@H]4C[C@H]5C(C)(C)O[C@](C/C=C(/C)C(=O)O)(C4=O)[C@@]15O3)O[C@@](C)(CCC=C(C)C)C=C2. The number of allylic oxidation sites excluding steroid dienone is 5. The van der Waals surface area contributed by atoms with E-state index in [-0.39, 0.29) is 40.4 Å². The highest BCUT2D eigenvalue weighted by Gasteiger charge is 2.81. The number of fused-ring (bicyclic) bond motifs is 2. The molecule has 3 heterocycles. The van der Waals surface area contributed by atoms with E-state index in [1.807, 2.05) is 66.7 Å². The molecule has 9 heteroatoms. The molecule has 1 N–H and O–H groups in total. The van der Waals surface area contributed by atoms with E-state index in [4.69, 9.17) is 18.9 Å². The second-order valence-electron chi connectivity index (χ2n) is 15.3. The minimum absolute atomic E-state index is 0.0535. The van der Waals surface area contributed by atoms with Crippen LogP contribution in [0.5, 0.6) is 17.2 Å². The maximum Gasteiger partial charge on any atom is 0.330 e. The number of hydrogen-bond acceptors (Lipinski definition) is 8. The Labute approximate surface area is 287 Å². The third-order valence-corrected chi connectivity index (χ3v) is 10.7. The number of Topliss-reactive ketones (excluding diaryl/α,β-unsaturated/α-hetero) is 2. The number of carboxylic acid groups (broad SMARTS) is 1. The van der Waals surface area contributed by atoms with Crippen molar-refractivity contribution >= 4 is 29.6 Å². The van der Waals surface area contributed by atoms with Gasteiger partial charge in [0.15, 0.2) is 28.5 Å². The molecule has 0 radical (unpaired) electrons. The first-order valence-electron chi connectivity index (χ1n) is 17.0. The molecule has 0 aromatic heterocycles. The van der Waals surface area contributed by atoms with E-state index in [1.54, 1.807) is 6.08 Å². The molecule has 1 aromatic rings. The fraction of sp³-hybridized carbons (Fsp3) is 0.500. The van der Waals surface area contributed by atoms with Crippen LogP contribution in [-0.2, 0) is 25.5 Å². The van der Waals surface area contributed by atoms with Crippen LogP contribution in [0.1, 0.15) is 109 Å². The molecular weight excluding hydrogens is 624 g/mol. The molecule has 1 aromatic carbocycles. The zero-order valence-electron chi connectivity index (χ0n) is 29.9. The average molecular weight is 671 g/mol. The van der Waals surface area contributed by atoms with E-state index in [0.29, 0.717) is 36.1 Å². The van der Waals surface area contributed by atoms with Crippen molar-refractivity contribution in [2.24, 2.45) is 11.8 Å². The molecule has 1 spiro atoms. The molecule has 49 heavy (non-hydrogen) atoms. The van der Waals surface area contributed by atoms with E-state index in [0.717, 1.165) is 12.0 Å². The minimum Gasteiger partial charge on any atom is -0.482 e. The van der Waals surface area contributed by atoms with Crippen molar-refractivity contribution < 1.29 is 43.2 Å². The molecule has 4 bridgehead atoms. The summed E-state index contributed by atoms with van der Waals surface area (Å²) in [6.07, 6.45) is 13.3. The highest BCUT2D eigenvalue weighted by atomic mass is 16.6. The molecule has 1 saturated heterocycles. The average Bonchev–Trinajstić information content (AvgIpc) is 3.15. The van der Waals surface area contributed by atoms with Gasteiger partial charge >= 0.3 is 11.9 Å². The highest BCUT2D eigenvalue weighted by Crippen LogP contribution is 2.68. The summed E-state index contributed by atoms with van der Waals surface area (Å²) in [6, 6.07) is 0. The lowest BCUT2D eigenvalue weighted by molar-refractivity contribution is -0.171. The molecule has 2 fully saturated rings. The van der Waals surface area contributed by atoms with E-state index >= 15 is 4.79 Å². The van der Waals surface area contributed by atoms with Crippen molar-refractivity contribution in [3.63, 3.8) is 0 Å². The Balaban J connectivity index is 1.64. The predicted molar refractivity (Wildman–Crippen MR) is 184 cm³/mol. The first kappa shape index (κ1) is 34.6. The Morgan fingerprint density at radius 3 is 2.31 bits per heavy atom. The van der Waals surface area contributed by atoms with Gasteiger partial charge in [-0.1, -0.05) is 35.5 Å². The van der Waals surface area contributed by atoms with E-state index in [1.165, 1.54) is 25.5 Å². The standard InChI is InChI=1S/C40H46O9/c1-21(2)11-10-16-38(9)17-15-27-32(47-38)26(13-12-22(3)4)34-30(33(27)46-24(6)41)31(42)28-19-25-20-29-37(7,8)49-39(35(25)43,40(28,29)48-34)18-14-23(5)36(44)45/h11-12,14-15,17,19,25,29H,10,13,16,18,20H2,1-9H3,(H,44,45)/b23-14-/t25-,29+,38+,39-,40-/m1/s1. The van der Waals surface area contributed by atoms with Gasteiger partial charge in [-0.15, -0.1) is 0 Å². The first-order chi connectivity index (χ1) is 22.9. The maximum absolute atomic E-state index is 15.1. The Morgan fingerprint density at radius 2 is 1.67 bits per heavy atom. The Kier molecular flexibility index (Phi) is 8.25. The monoisotopic (exact) mass is 670 g/mol. The molecule has 3 aliphatic heterocycles. The van der Waals surface area contributed by atoms with E-state index < -0.39 is 52.0 Å². The topological polar surface area (TPSA) is 125 Å². The van der Waals surface area contributed by atoms with Crippen LogP contribution in [-0.4, -0.2) is 51.0 Å². The molecule has 5 atom stereocenters. The number of esters is 1. The second-order valence-corrected chi connectivity index (χ2v) is 15.3. The lowest BCUT2D eigenvalue weighted by atomic mass is 9.51.